The van der Waals surface area contributed by atoms with Gasteiger partial charge in [-0.1, -0.05) is 17.7 Å². The SMILES string of the molecule is COc1cc(/C=C/c2nc3cc(Cl)ccc3s2)cc(OC)c1O. The first-order valence-corrected chi connectivity index (χ1v) is 7.99. The molecule has 1 heterocycles. The summed E-state index contributed by atoms with van der Waals surface area (Å²) in [4.78, 5) is 4.53. The number of phenols is 1. The van der Waals surface area contributed by atoms with E-state index in [-0.39, 0.29) is 5.75 Å². The largest absolute Gasteiger partial charge is 0.502 e. The standard InChI is InChI=1S/C17H14ClNO3S/c1-21-13-7-10(8-14(22-2)17(13)20)3-6-16-19-12-9-11(18)4-5-15(12)23-16/h3-9,20H,1-2H3/b6-3+. The minimum atomic E-state index is -0.0122. The minimum Gasteiger partial charge on any atom is -0.502 e. The van der Waals surface area contributed by atoms with Gasteiger partial charge in [-0.3, -0.25) is 0 Å². The molecule has 0 amide bonds. The average molecular weight is 348 g/mol. The fourth-order valence-corrected chi connectivity index (χ4v) is 3.18. The lowest BCUT2D eigenvalue weighted by molar-refractivity contribution is 0.340. The number of phenolic OH excluding ortho intramolecular Hbond substituents is 1. The van der Waals surface area contributed by atoms with E-state index in [1.165, 1.54) is 14.2 Å². The molecule has 0 aliphatic heterocycles. The third kappa shape index (κ3) is 3.25. The van der Waals surface area contributed by atoms with Gasteiger partial charge in [0, 0.05) is 5.02 Å². The van der Waals surface area contributed by atoms with Crippen LogP contribution in [0, 0.1) is 0 Å². The molecule has 0 saturated heterocycles. The van der Waals surface area contributed by atoms with Crippen LogP contribution in [-0.2, 0) is 0 Å². The van der Waals surface area contributed by atoms with E-state index < -0.39 is 0 Å². The maximum atomic E-state index is 9.92. The van der Waals surface area contributed by atoms with E-state index in [1.54, 1.807) is 23.5 Å². The maximum absolute atomic E-state index is 9.92. The van der Waals surface area contributed by atoms with Crippen LogP contribution in [0.4, 0.5) is 0 Å². The van der Waals surface area contributed by atoms with Gasteiger partial charge in [0.2, 0.25) is 5.75 Å². The topological polar surface area (TPSA) is 51.6 Å². The molecular weight excluding hydrogens is 334 g/mol. The molecule has 0 aliphatic rings. The van der Waals surface area contributed by atoms with Crippen molar-refractivity contribution in [2.45, 2.75) is 0 Å². The summed E-state index contributed by atoms with van der Waals surface area (Å²) in [7, 11) is 3.00. The van der Waals surface area contributed by atoms with Crippen LogP contribution < -0.4 is 9.47 Å². The molecule has 3 aromatic rings. The molecule has 2 aromatic carbocycles. The Hall–Kier alpha value is -2.24. The molecule has 0 radical (unpaired) electrons. The number of methoxy groups -OCH3 is 2. The number of ether oxygens (including phenoxy) is 2. The summed E-state index contributed by atoms with van der Waals surface area (Å²) in [6, 6.07) is 9.12. The monoisotopic (exact) mass is 347 g/mol. The van der Waals surface area contributed by atoms with Gasteiger partial charge in [0.15, 0.2) is 11.5 Å². The van der Waals surface area contributed by atoms with Crippen LogP contribution in [0.25, 0.3) is 22.4 Å². The van der Waals surface area contributed by atoms with Crippen LogP contribution >= 0.6 is 22.9 Å². The number of thiazole rings is 1. The lowest BCUT2D eigenvalue weighted by Gasteiger charge is -2.09. The number of benzene rings is 2. The summed E-state index contributed by atoms with van der Waals surface area (Å²) >= 11 is 7.56. The zero-order chi connectivity index (χ0) is 16.4. The first-order valence-electron chi connectivity index (χ1n) is 6.80. The van der Waals surface area contributed by atoms with E-state index in [0.29, 0.717) is 16.5 Å². The summed E-state index contributed by atoms with van der Waals surface area (Å²) in [6.07, 6.45) is 3.80. The predicted octanol–water partition coefficient (Wildman–Crippen LogP) is 4.84. The smallest absolute Gasteiger partial charge is 0.200 e. The van der Waals surface area contributed by atoms with E-state index in [9.17, 15) is 5.11 Å². The second-order valence-corrected chi connectivity index (χ2v) is 6.27. The van der Waals surface area contributed by atoms with Crippen LogP contribution in [0.1, 0.15) is 10.6 Å². The number of fused-ring (bicyclic) bond motifs is 1. The van der Waals surface area contributed by atoms with Gasteiger partial charge in [-0.2, -0.15) is 0 Å². The van der Waals surface area contributed by atoms with Gasteiger partial charge in [-0.25, -0.2) is 4.98 Å². The van der Waals surface area contributed by atoms with Gasteiger partial charge in [-0.05, 0) is 42.0 Å². The van der Waals surface area contributed by atoms with Crippen molar-refractivity contribution in [1.29, 1.82) is 0 Å². The Labute approximate surface area is 142 Å². The van der Waals surface area contributed by atoms with Gasteiger partial charge in [-0.15, -0.1) is 11.3 Å². The van der Waals surface area contributed by atoms with Crippen LogP contribution in [0.15, 0.2) is 30.3 Å². The molecular formula is C17H14ClNO3S. The summed E-state index contributed by atoms with van der Waals surface area (Å²) < 4.78 is 11.4. The Kier molecular flexibility index (Phi) is 4.41. The van der Waals surface area contributed by atoms with E-state index >= 15 is 0 Å². The summed E-state index contributed by atoms with van der Waals surface area (Å²) in [5.41, 5.74) is 1.72. The number of hydrogen-bond acceptors (Lipinski definition) is 5. The van der Waals surface area contributed by atoms with Crippen LogP contribution in [-0.4, -0.2) is 24.3 Å². The second kappa shape index (κ2) is 6.48. The second-order valence-electron chi connectivity index (χ2n) is 4.77. The molecule has 0 unspecified atom stereocenters. The fraction of sp³-hybridized carbons (Fsp3) is 0.118. The van der Waals surface area contributed by atoms with Crippen molar-refractivity contribution in [1.82, 2.24) is 4.98 Å². The highest BCUT2D eigenvalue weighted by Crippen LogP contribution is 2.37. The number of aromatic nitrogens is 1. The van der Waals surface area contributed by atoms with Crippen LogP contribution in [0.5, 0.6) is 17.2 Å². The Morgan fingerprint density at radius 3 is 2.43 bits per heavy atom. The third-order valence-corrected chi connectivity index (χ3v) is 4.52. The molecule has 23 heavy (non-hydrogen) atoms. The highest BCUT2D eigenvalue weighted by Gasteiger charge is 2.10. The van der Waals surface area contributed by atoms with Gasteiger partial charge < -0.3 is 14.6 Å². The number of rotatable bonds is 4. The van der Waals surface area contributed by atoms with Crippen molar-refractivity contribution in [2.75, 3.05) is 14.2 Å². The molecule has 0 aliphatic carbocycles. The van der Waals surface area contributed by atoms with Gasteiger partial charge in [0.05, 0.1) is 24.4 Å². The number of nitrogens with zero attached hydrogens (tertiary/aromatic N) is 1. The van der Waals surface area contributed by atoms with E-state index in [1.807, 2.05) is 30.4 Å². The minimum absolute atomic E-state index is 0.0122. The third-order valence-electron chi connectivity index (χ3n) is 3.29. The molecule has 0 spiro atoms. The lowest BCUT2D eigenvalue weighted by atomic mass is 10.1. The first kappa shape index (κ1) is 15.6. The summed E-state index contributed by atoms with van der Waals surface area (Å²) in [5, 5.41) is 11.5. The molecule has 3 rings (SSSR count). The molecule has 1 aromatic heterocycles. The van der Waals surface area contributed by atoms with E-state index in [0.717, 1.165) is 20.8 Å². The first-order chi connectivity index (χ1) is 11.1. The Bertz CT molecular complexity index is 864. The highest BCUT2D eigenvalue weighted by atomic mass is 35.5. The van der Waals surface area contributed by atoms with Crippen LogP contribution in [0.2, 0.25) is 5.02 Å². The Balaban J connectivity index is 1.94. The van der Waals surface area contributed by atoms with E-state index in [4.69, 9.17) is 21.1 Å². The lowest BCUT2D eigenvalue weighted by Crippen LogP contribution is -1.90. The predicted molar refractivity (Wildman–Crippen MR) is 94.8 cm³/mol. The molecule has 118 valence electrons. The van der Waals surface area contributed by atoms with Crippen molar-refractivity contribution in [3.63, 3.8) is 0 Å². The molecule has 1 N–H and O–H groups in total. The van der Waals surface area contributed by atoms with Crippen molar-refractivity contribution in [3.05, 3.63) is 45.9 Å². The zero-order valence-electron chi connectivity index (χ0n) is 12.5. The molecule has 0 fully saturated rings. The van der Waals surface area contributed by atoms with Gasteiger partial charge >= 0.3 is 0 Å². The molecule has 6 heteroatoms. The number of hydrogen-bond donors (Lipinski definition) is 1. The van der Waals surface area contributed by atoms with Crippen molar-refractivity contribution >= 4 is 45.3 Å². The molecule has 4 nitrogen and oxygen atoms in total. The van der Waals surface area contributed by atoms with Gasteiger partial charge in [0.1, 0.15) is 5.01 Å². The Morgan fingerprint density at radius 1 is 1.09 bits per heavy atom. The van der Waals surface area contributed by atoms with Crippen molar-refractivity contribution in [2.24, 2.45) is 0 Å². The molecule has 0 saturated carbocycles. The average Bonchev–Trinajstić information content (AvgIpc) is 2.95. The number of aromatic hydroxyl groups is 1. The molecule has 0 atom stereocenters. The Morgan fingerprint density at radius 2 is 1.78 bits per heavy atom. The fourth-order valence-electron chi connectivity index (χ4n) is 2.17. The van der Waals surface area contributed by atoms with E-state index in [2.05, 4.69) is 4.98 Å². The highest BCUT2D eigenvalue weighted by molar-refractivity contribution is 7.19. The van der Waals surface area contributed by atoms with Gasteiger partial charge in [0.25, 0.3) is 0 Å². The normalized spacial score (nSPS) is 11.3. The summed E-state index contributed by atoms with van der Waals surface area (Å²) in [6.45, 7) is 0. The van der Waals surface area contributed by atoms with Crippen molar-refractivity contribution in [3.8, 4) is 17.2 Å². The summed E-state index contributed by atoms with van der Waals surface area (Å²) in [5.74, 6) is 0.710. The van der Waals surface area contributed by atoms with Crippen molar-refractivity contribution < 1.29 is 14.6 Å². The van der Waals surface area contributed by atoms with Crippen LogP contribution in [0.3, 0.4) is 0 Å². The quantitative estimate of drug-likeness (QED) is 0.733. The zero-order valence-corrected chi connectivity index (χ0v) is 14.1. The maximum Gasteiger partial charge on any atom is 0.200 e. The number of halogens is 1. The molecule has 0 bridgehead atoms.